The lowest BCUT2D eigenvalue weighted by Gasteiger charge is -2.34. The molecule has 0 radical (unpaired) electrons. The van der Waals surface area contributed by atoms with Crippen molar-refractivity contribution in [2.24, 2.45) is 5.92 Å². The molecule has 2 aliphatic heterocycles. The minimum atomic E-state index is -4.06. The summed E-state index contributed by atoms with van der Waals surface area (Å²) in [6.45, 7) is 3.72. The van der Waals surface area contributed by atoms with E-state index >= 15 is 0 Å². The van der Waals surface area contributed by atoms with Gasteiger partial charge in [-0.25, -0.2) is 0 Å². The topological polar surface area (TPSA) is 18.5 Å². The number of nitrogens with one attached hydrogen (secondary N) is 1. The second-order valence-corrected chi connectivity index (χ2v) is 6.32. The number of rotatable bonds is 4. The Bertz CT molecular complexity index is 280. The molecule has 2 fully saturated rings. The second-order valence-electron chi connectivity index (χ2n) is 6.32. The highest BCUT2D eigenvalue weighted by Gasteiger charge is 2.32. The first kappa shape index (κ1) is 16.0. The largest absolute Gasteiger partial charge is 0.401 e. The van der Waals surface area contributed by atoms with Gasteiger partial charge in [-0.1, -0.05) is 0 Å². The number of hydrogen-bond acceptors (Lipinski definition) is 3. The van der Waals surface area contributed by atoms with E-state index in [1.54, 1.807) is 0 Å². The molecule has 6 heteroatoms. The van der Waals surface area contributed by atoms with Crippen LogP contribution in [0.1, 0.15) is 25.7 Å². The van der Waals surface area contributed by atoms with Gasteiger partial charge in [-0.2, -0.15) is 13.2 Å². The van der Waals surface area contributed by atoms with Gasteiger partial charge >= 0.3 is 6.18 Å². The van der Waals surface area contributed by atoms with Gasteiger partial charge < -0.3 is 10.2 Å². The molecule has 0 spiro atoms. The van der Waals surface area contributed by atoms with Gasteiger partial charge in [0.2, 0.25) is 0 Å². The Morgan fingerprint density at radius 1 is 1.00 bits per heavy atom. The van der Waals surface area contributed by atoms with Gasteiger partial charge in [0.25, 0.3) is 0 Å². The van der Waals surface area contributed by atoms with Crippen LogP contribution >= 0.6 is 0 Å². The Labute approximate surface area is 119 Å². The molecule has 2 aliphatic rings. The van der Waals surface area contributed by atoms with Crippen LogP contribution in [0.2, 0.25) is 0 Å². The van der Waals surface area contributed by atoms with E-state index in [2.05, 4.69) is 17.3 Å². The summed E-state index contributed by atoms with van der Waals surface area (Å²) < 4.78 is 36.9. The van der Waals surface area contributed by atoms with Crippen LogP contribution in [0.5, 0.6) is 0 Å². The highest BCUT2D eigenvalue weighted by Crippen LogP contribution is 2.20. The van der Waals surface area contributed by atoms with Crippen molar-refractivity contribution in [2.45, 2.75) is 37.9 Å². The van der Waals surface area contributed by atoms with Crippen LogP contribution in [-0.2, 0) is 0 Å². The van der Waals surface area contributed by atoms with Crippen LogP contribution in [-0.4, -0.2) is 68.3 Å². The van der Waals surface area contributed by atoms with Gasteiger partial charge in [0, 0.05) is 6.04 Å². The first-order valence-electron chi connectivity index (χ1n) is 7.63. The van der Waals surface area contributed by atoms with E-state index < -0.39 is 12.7 Å². The average molecular weight is 293 g/mol. The average Bonchev–Trinajstić information content (AvgIpc) is 2.38. The van der Waals surface area contributed by atoms with E-state index in [4.69, 9.17) is 0 Å². The number of piperidine rings is 2. The minimum Gasteiger partial charge on any atom is -0.314 e. The molecule has 2 heterocycles. The van der Waals surface area contributed by atoms with E-state index in [-0.39, 0.29) is 0 Å². The van der Waals surface area contributed by atoms with Crippen molar-refractivity contribution in [1.29, 1.82) is 0 Å². The summed E-state index contributed by atoms with van der Waals surface area (Å²) in [5.74, 6) is 0.736. The maximum Gasteiger partial charge on any atom is 0.401 e. The molecule has 0 amide bonds. The van der Waals surface area contributed by atoms with Crippen LogP contribution in [0.25, 0.3) is 0 Å². The maximum atomic E-state index is 12.3. The summed E-state index contributed by atoms with van der Waals surface area (Å²) in [7, 11) is 2.15. The molecule has 20 heavy (non-hydrogen) atoms. The quantitative estimate of drug-likeness (QED) is 0.854. The van der Waals surface area contributed by atoms with Crippen molar-refractivity contribution >= 4 is 0 Å². The van der Waals surface area contributed by atoms with Crippen LogP contribution < -0.4 is 5.32 Å². The second kappa shape index (κ2) is 7.09. The first-order chi connectivity index (χ1) is 9.42. The van der Waals surface area contributed by atoms with Crippen LogP contribution in [0.15, 0.2) is 0 Å². The molecule has 0 aromatic carbocycles. The molecule has 1 N–H and O–H groups in total. The fourth-order valence-corrected chi connectivity index (χ4v) is 3.15. The fourth-order valence-electron chi connectivity index (χ4n) is 3.15. The predicted octanol–water partition coefficient (Wildman–Crippen LogP) is 1.94. The van der Waals surface area contributed by atoms with Crippen LogP contribution in [0.3, 0.4) is 0 Å². The Balaban J connectivity index is 1.60. The Hall–Kier alpha value is -0.330. The number of alkyl halides is 3. The standard InChI is InChI=1S/C14H26F3N3/c1-19-6-2-12(3-7-19)10-18-13-4-8-20(9-5-13)11-14(15,16)17/h12-13,18H,2-11H2,1H3. The third kappa shape index (κ3) is 5.58. The molecule has 0 bridgehead atoms. The molecule has 0 aromatic rings. The summed E-state index contributed by atoms with van der Waals surface area (Å²) in [6, 6.07) is 0.402. The van der Waals surface area contributed by atoms with Crippen molar-refractivity contribution < 1.29 is 13.2 Å². The highest BCUT2D eigenvalue weighted by molar-refractivity contribution is 4.80. The zero-order chi connectivity index (χ0) is 14.6. The summed E-state index contributed by atoms with van der Waals surface area (Å²) in [5, 5.41) is 3.56. The molecule has 118 valence electrons. The van der Waals surface area contributed by atoms with Crippen molar-refractivity contribution in [2.75, 3.05) is 46.3 Å². The minimum absolute atomic E-state index is 0.402. The molecule has 0 unspecified atom stereocenters. The summed E-state index contributed by atoms with van der Waals surface area (Å²) in [4.78, 5) is 3.87. The third-order valence-electron chi connectivity index (χ3n) is 4.52. The lowest BCUT2D eigenvalue weighted by Crippen LogP contribution is -2.47. The predicted molar refractivity (Wildman–Crippen MR) is 73.7 cm³/mol. The molecular formula is C14H26F3N3. The molecule has 2 saturated heterocycles. The Morgan fingerprint density at radius 3 is 2.15 bits per heavy atom. The van der Waals surface area contributed by atoms with Crippen molar-refractivity contribution in [1.82, 2.24) is 15.1 Å². The van der Waals surface area contributed by atoms with Gasteiger partial charge in [-0.05, 0) is 71.4 Å². The SMILES string of the molecule is CN1CCC(CNC2CCN(CC(F)(F)F)CC2)CC1. The molecule has 0 atom stereocenters. The van der Waals surface area contributed by atoms with Gasteiger partial charge in [0.15, 0.2) is 0 Å². The van der Waals surface area contributed by atoms with E-state index in [1.165, 1.54) is 17.7 Å². The van der Waals surface area contributed by atoms with E-state index in [1.807, 2.05) is 0 Å². The maximum absolute atomic E-state index is 12.3. The highest BCUT2D eigenvalue weighted by atomic mass is 19.4. The van der Waals surface area contributed by atoms with Crippen LogP contribution in [0, 0.1) is 5.92 Å². The molecule has 0 aliphatic carbocycles. The van der Waals surface area contributed by atoms with Gasteiger partial charge in [0.1, 0.15) is 0 Å². The van der Waals surface area contributed by atoms with E-state index in [0.29, 0.717) is 19.1 Å². The van der Waals surface area contributed by atoms with Crippen molar-refractivity contribution in [3.63, 3.8) is 0 Å². The lowest BCUT2D eigenvalue weighted by atomic mass is 9.96. The summed E-state index contributed by atoms with van der Waals surface area (Å²) in [5.41, 5.74) is 0. The zero-order valence-corrected chi connectivity index (χ0v) is 12.3. The smallest absolute Gasteiger partial charge is 0.314 e. The van der Waals surface area contributed by atoms with Gasteiger partial charge in [-0.3, -0.25) is 4.90 Å². The zero-order valence-electron chi connectivity index (χ0n) is 12.3. The number of nitrogens with zero attached hydrogens (tertiary/aromatic N) is 2. The van der Waals surface area contributed by atoms with Gasteiger partial charge in [0.05, 0.1) is 6.54 Å². The van der Waals surface area contributed by atoms with E-state index in [9.17, 15) is 13.2 Å². The molecule has 0 saturated carbocycles. The number of hydrogen-bond donors (Lipinski definition) is 1. The first-order valence-corrected chi connectivity index (χ1v) is 7.63. The Morgan fingerprint density at radius 2 is 1.60 bits per heavy atom. The third-order valence-corrected chi connectivity index (χ3v) is 4.52. The van der Waals surface area contributed by atoms with Crippen molar-refractivity contribution in [3.05, 3.63) is 0 Å². The van der Waals surface area contributed by atoms with E-state index in [0.717, 1.165) is 38.4 Å². The molecule has 3 nitrogen and oxygen atoms in total. The number of likely N-dealkylation sites (tertiary alicyclic amines) is 2. The Kier molecular flexibility index (Phi) is 5.69. The monoisotopic (exact) mass is 293 g/mol. The van der Waals surface area contributed by atoms with Crippen molar-refractivity contribution in [3.8, 4) is 0 Å². The summed E-state index contributed by atoms with van der Waals surface area (Å²) >= 11 is 0. The van der Waals surface area contributed by atoms with Gasteiger partial charge in [-0.15, -0.1) is 0 Å². The lowest BCUT2D eigenvalue weighted by molar-refractivity contribution is -0.148. The normalized spacial score (nSPS) is 25.2. The van der Waals surface area contributed by atoms with Crippen LogP contribution in [0.4, 0.5) is 13.2 Å². The number of halogens is 3. The molecule has 0 aromatic heterocycles. The summed E-state index contributed by atoms with van der Waals surface area (Å²) in [6.07, 6.45) is 0.0760. The molecular weight excluding hydrogens is 267 g/mol. The molecule has 2 rings (SSSR count). The fraction of sp³-hybridized carbons (Fsp3) is 1.00.